The number of nitrogens with zero attached hydrogens (tertiary/aromatic N) is 1. The molecule has 0 bridgehead atoms. The molecule has 0 saturated carbocycles. The van der Waals surface area contributed by atoms with E-state index in [0.717, 1.165) is 18.9 Å². The van der Waals surface area contributed by atoms with Gasteiger partial charge in [0.25, 0.3) is 5.91 Å². The molecule has 0 radical (unpaired) electrons. The van der Waals surface area contributed by atoms with Crippen molar-refractivity contribution in [3.63, 3.8) is 0 Å². The predicted molar refractivity (Wildman–Crippen MR) is 119 cm³/mol. The van der Waals surface area contributed by atoms with Gasteiger partial charge in [0.15, 0.2) is 0 Å². The summed E-state index contributed by atoms with van der Waals surface area (Å²) < 4.78 is 55.6. The number of nitrogens with one attached hydrogen (secondary N) is 1. The molecular weight excluding hydrogens is 458 g/mol. The predicted octanol–water partition coefficient (Wildman–Crippen LogP) is 5.32. The molecule has 0 atom stereocenters. The summed E-state index contributed by atoms with van der Waals surface area (Å²) in [5, 5.41) is 2.44. The molecule has 0 spiro atoms. The molecule has 0 aliphatic carbocycles. The Bertz CT molecular complexity index is 1280. The highest BCUT2D eigenvalue weighted by Crippen LogP contribution is 2.33. The highest BCUT2D eigenvalue weighted by molar-refractivity contribution is 7.89. The van der Waals surface area contributed by atoms with Crippen molar-refractivity contribution >= 4 is 33.2 Å². The van der Waals surface area contributed by atoms with Gasteiger partial charge in [0.2, 0.25) is 10.0 Å². The lowest BCUT2D eigenvalue weighted by atomic mass is 10.0. The normalized spacial score (nSPS) is 14.5. The minimum Gasteiger partial charge on any atom is -0.319 e. The summed E-state index contributed by atoms with van der Waals surface area (Å²) >= 11 is 6.17. The number of hydrogen-bond acceptors (Lipinski definition) is 3. The Morgan fingerprint density at radius 3 is 2.34 bits per heavy atom. The van der Waals surface area contributed by atoms with Crippen molar-refractivity contribution in [2.45, 2.75) is 17.7 Å². The van der Waals surface area contributed by atoms with E-state index in [1.807, 2.05) is 0 Å². The van der Waals surface area contributed by atoms with Crippen molar-refractivity contribution in [3.05, 3.63) is 82.9 Å². The van der Waals surface area contributed by atoms with E-state index >= 15 is 0 Å². The fraction of sp³-hybridized carbons (Fsp3) is 0.174. The van der Waals surface area contributed by atoms with Gasteiger partial charge < -0.3 is 5.32 Å². The van der Waals surface area contributed by atoms with Crippen LogP contribution >= 0.6 is 11.6 Å². The minimum atomic E-state index is -3.78. The molecule has 1 N–H and O–H groups in total. The highest BCUT2D eigenvalue weighted by atomic mass is 35.5. The SMILES string of the molecule is O=C(Nc1c(F)cc(F)cc1-c1ccccc1)c1cc(S(=O)(=O)N2CCCC2)ccc1Cl. The molecule has 3 aromatic rings. The quantitative estimate of drug-likeness (QED) is 0.541. The first kappa shape index (κ1) is 22.4. The molecule has 166 valence electrons. The van der Waals surface area contributed by atoms with Gasteiger partial charge in [-0.05, 0) is 42.7 Å². The zero-order chi connectivity index (χ0) is 22.9. The van der Waals surface area contributed by atoms with Crippen LogP contribution in [0.15, 0.2) is 65.6 Å². The van der Waals surface area contributed by atoms with Crippen molar-refractivity contribution in [1.29, 1.82) is 0 Å². The fourth-order valence-electron chi connectivity index (χ4n) is 3.64. The van der Waals surface area contributed by atoms with E-state index in [-0.39, 0.29) is 26.7 Å². The van der Waals surface area contributed by atoms with Crippen molar-refractivity contribution in [2.24, 2.45) is 0 Å². The lowest BCUT2D eigenvalue weighted by Gasteiger charge is -2.17. The number of carbonyl (C=O) groups is 1. The Labute approximate surface area is 189 Å². The van der Waals surface area contributed by atoms with Crippen molar-refractivity contribution in [2.75, 3.05) is 18.4 Å². The molecule has 1 heterocycles. The van der Waals surface area contributed by atoms with E-state index in [4.69, 9.17) is 11.6 Å². The van der Waals surface area contributed by atoms with E-state index in [2.05, 4.69) is 5.32 Å². The lowest BCUT2D eigenvalue weighted by molar-refractivity contribution is 0.102. The molecule has 1 amide bonds. The Kier molecular flexibility index (Phi) is 6.28. The zero-order valence-corrected chi connectivity index (χ0v) is 18.4. The summed E-state index contributed by atoms with van der Waals surface area (Å²) in [5.74, 6) is -2.57. The minimum absolute atomic E-state index is 0.00616. The fourth-order valence-corrected chi connectivity index (χ4v) is 5.39. The Hall–Kier alpha value is -2.81. The van der Waals surface area contributed by atoms with E-state index < -0.39 is 27.6 Å². The number of amides is 1. The van der Waals surface area contributed by atoms with Crippen LogP contribution in [0.25, 0.3) is 11.1 Å². The van der Waals surface area contributed by atoms with Crippen LogP contribution < -0.4 is 5.32 Å². The average molecular weight is 477 g/mol. The maximum atomic E-state index is 14.7. The molecule has 1 aliphatic rings. The number of rotatable bonds is 5. The molecule has 32 heavy (non-hydrogen) atoms. The molecule has 1 aliphatic heterocycles. The van der Waals surface area contributed by atoms with Gasteiger partial charge in [-0.3, -0.25) is 4.79 Å². The van der Waals surface area contributed by atoms with Crippen molar-refractivity contribution in [1.82, 2.24) is 4.31 Å². The van der Waals surface area contributed by atoms with Crippen LogP contribution in [0.2, 0.25) is 5.02 Å². The van der Waals surface area contributed by atoms with Gasteiger partial charge >= 0.3 is 0 Å². The topological polar surface area (TPSA) is 66.5 Å². The lowest BCUT2D eigenvalue weighted by Crippen LogP contribution is -2.28. The Morgan fingerprint density at radius 1 is 0.969 bits per heavy atom. The molecule has 5 nitrogen and oxygen atoms in total. The molecule has 9 heteroatoms. The third-order valence-corrected chi connectivity index (χ3v) is 7.49. The van der Waals surface area contributed by atoms with Gasteiger partial charge in [0, 0.05) is 24.7 Å². The standard InChI is InChI=1S/C23H19ClF2N2O3S/c24-20-9-8-17(32(30,31)28-10-4-5-11-28)14-19(20)23(29)27-22-18(12-16(25)13-21(22)26)15-6-2-1-3-7-15/h1-3,6-9,12-14H,4-5,10-11H2,(H,27,29). The number of halogens is 3. The van der Waals surface area contributed by atoms with Crippen molar-refractivity contribution in [3.8, 4) is 11.1 Å². The van der Waals surface area contributed by atoms with Gasteiger partial charge in [0.05, 0.1) is 21.2 Å². The van der Waals surface area contributed by atoms with E-state index in [9.17, 15) is 22.0 Å². The maximum absolute atomic E-state index is 14.7. The van der Waals surface area contributed by atoms with Crippen LogP contribution in [0, 0.1) is 11.6 Å². The third-order valence-electron chi connectivity index (χ3n) is 5.26. The summed E-state index contributed by atoms with van der Waals surface area (Å²) in [7, 11) is -3.78. The summed E-state index contributed by atoms with van der Waals surface area (Å²) in [6.07, 6.45) is 1.54. The number of carbonyl (C=O) groups excluding carboxylic acids is 1. The van der Waals surface area contributed by atoms with Gasteiger partial charge in [-0.25, -0.2) is 17.2 Å². The Morgan fingerprint density at radius 2 is 1.66 bits per heavy atom. The first-order valence-electron chi connectivity index (χ1n) is 9.93. The molecule has 0 aromatic heterocycles. The van der Waals surface area contributed by atoms with E-state index in [1.54, 1.807) is 30.3 Å². The van der Waals surface area contributed by atoms with E-state index in [0.29, 0.717) is 24.7 Å². The van der Waals surface area contributed by atoms with Crippen LogP contribution in [0.1, 0.15) is 23.2 Å². The molecule has 1 saturated heterocycles. The van der Waals surface area contributed by atoms with Crippen LogP contribution in [0.5, 0.6) is 0 Å². The van der Waals surface area contributed by atoms with E-state index in [1.165, 1.54) is 22.5 Å². The highest BCUT2D eigenvalue weighted by Gasteiger charge is 2.28. The van der Waals surface area contributed by atoms with Gasteiger partial charge in [-0.2, -0.15) is 4.31 Å². The molecular formula is C23H19ClF2N2O3S. The molecule has 1 fully saturated rings. The number of hydrogen-bond donors (Lipinski definition) is 1. The second-order valence-electron chi connectivity index (χ2n) is 7.38. The van der Waals surface area contributed by atoms with Crippen LogP contribution in [-0.4, -0.2) is 31.7 Å². The number of anilines is 1. The molecule has 3 aromatic carbocycles. The van der Waals surface area contributed by atoms with Gasteiger partial charge in [-0.1, -0.05) is 41.9 Å². The molecule has 0 unspecified atom stereocenters. The largest absolute Gasteiger partial charge is 0.319 e. The third kappa shape index (κ3) is 4.39. The van der Waals surface area contributed by atoms with Gasteiger partial charge in [-0.15, -0.1) is 0 Å². The van der Waals surface area contributed by atoms with Crippen LogP contribution in [0.4, 0.5) is 14.5 Å². The second kappa shape index (κ2) is 8.97. The van der Waals surface area contributed by atoms with Crippen LogP contribution in [-0.2, 0) is 10.0 Å². The summed E-state index contributed by atoms with van der Waals surface area (Å²) in [6.45, 7) is 0.821. The summed E-state index contributed by atoms with van der Waals surface area (Å²) in [4.78, 5) is 12.9. The smallest absolute Gasteiger partial charge is 0.257 e. The summed E-state index contributed by atoms with van der Waals surface area (Å²) in [5.41, 5.74) is 0.284. The maximum Gasteiger partial charge on any atom is 0.257 e. The first-order valence-corrected chi connectivity index (χ1v) is 11.7. The average Bonchev–Trinajstić information content (AvgIpc) is 3.32. The van der Waals surface area contributed by atoms with Crippen molar-refractivity contribution < 1.29 is 22.0 Å². The number of benzene rings is 3. The molecule has 4 rings (SSSR count). The second-order valence-corrected chi connectivity index (χ2v) is 9.73. The number of sulfonamides is 1. The van der Waals surface area contributed by atoms with Crippen LogP contribution in [0.3, 0.4) is 0 Å². The summed E-state index contributed by atoms with van der Waals surface area (Å²) in [6, 6.07) is 14.1. The first-order chi connectivity index (χ1) is 15.3. The van der Waals surface area contributed by atoms with Gasteiger partial charge in [0.1, 0.15) is 11.6 Å². The zero-order valence-electron chi connectivity index (χ0n) is 16.8. The Balaban J connectivity index is 1.71. The monoisotopic (exact) mass is 476 g/mol.